The number of primary amides is 1. The molecule has 0 saturated carbocycles. The van der Waals surface area contributed by atoms with Crippen LogP contribution in [0, 0.1) is 6.92 Å². The van der Waals surface area contributed by atoms with Crippen LogP contribution in [0.25, 0.3) is 0 Å². The Labute approximate surface area is 85.4 Å². The van der Waals surface area contributed by atoms with Crippen LogP contribution in [0.3, 0.4) is 0 Å². The van der Waals surface area contributed by atoms with Crippen LogP contribution < -0.4 is 11.1 Å². The summed E-state index contributed by atoms with van der Waals surface area (Å²) in [5.74, 6) is 0. The van der Waals surface area contributed by atoms with Crippen molar-refractivity contribution in [3.8, 4) is 0 Å². The number of nitrogens with two attached hydrogens (primary N) is 1. The number of benzene rings is 1. The van der Waals surface area contributed by atoms with Crippen LogP contribution in [0.2, 0.25) is 0 Å². The molecule has 0 spiro atoms. The lowest BCUT2D eigenvalue weighted by Gasteiger charge is -2.04. The number of carbonyl (C=O) groups is 1. The number of urea groups is 1. The Morgan fingerprint density at radius 1 is 1.62 bits per heavy atom. The first kappa shape index (κ1) is 10.1. The maximum absolute atomic E-state index is 10.4. The molecule has 0 saturated heterocycles. The molecule has 0 bridgehead atoms. The van der Waals surface area contributed by atoms with Gasteiger partial charge in [-0.3, -0.25) is 0 Å². The standard InChI is InChI=1S/C9H11BrN2O/c1-6-4-7(2-3-8(6)10)5-12-9(11)13/h2-4H,5H2,1H3,(H3,11,12,13). The number of rotatable bonds is 2. The first-order chi connectivity index (χ1) is 6.09. The zero-order chi connectivity index (χ0) is 9.84. The predicted octanol–water partition coefficient (Wildman–Crippen LogP) is 1.93. The first-order valence-electron chi connectivity index (χ1n) is 3.88. The second kappa shape index (κ2) is 4.28. The molecule has 2 amide bonds. The zero-order valence-corrected chi connectivity index (χ0v) is 8.89. The third kappa shape index (κ3) is 3.06. The largest absolute Gasteiger partial charge is 0.352 e. The minimum absolute atomic E-state index is 0.476. The van der Waals surface area contributed by atoms with Gasteiger partial charge in [0, 0.05) is 11.0 Å². The van der Waals surface area contributed by atoms with Gasteiger partial charge in [-0.05, 0) is 24.1 Å². The molecule has 70 valence electrons. The van der Waals surface area contributed by atoms with Gasteiger partial charge in [-0.25, -0.2) is 4.79 Å². The summed E-state index contributed by atoms with van der Waals surface area (Å²) in [6, 6.07) is 5.39. The van der Waals surface area contributed by atoms with Gasteiger partial charge in [-0.15, -0.1) is 0 Å². The van der Waals surface area contributed by atoms with Crippen molar-refractivity contribution in [3.63, 3.8) is 0 Å². The number of amides is 2. The molecule has 0 radical (unpaired) electrons. The molecule has 1 aromatic carbocycles. The van der Waals surface area contributed by atoms with Gasteiger partial charge >= 0.3 is 6.03 Å². The molecule has 13 heavy (non-hydrogen) atoms. The summed E-state index contributed by atoms with van der Waals surface area (Å²) in [5, 5.41) is 2.53. The van der Waals surface area contributed by atoms with Gasteiger partial charge in [-0.1, -0.05) is 28.1 Å². The summed E-state index contributed by atoms with van der Waals surface area (Å²) in [6.45, 7) is 2.47. The van der Waals surface area contributed by atoms with Gasteiger partial charge in [0.1, 0.15) is 0 Å². The van der Waals surface area contributed by atoms with Gasteiger partial charge in [0.05, 0.1) is 0 Å². The van der Waals surface area contributed by atoms with E-state index in [1.807, 2.05) is 25.1 Å². The minimum atomic E-state index is -0.499. The van der Waals surface area contributed by atoms with E-state index >= 15 is 0 Å². The van der Waals surface area contributed by atoms with E-state index in [-0.39, 0.29) is 0 Å². The van der Waals surface area contributed by atoms with Crippen molar-refractivity contribution in [1.82, 2.24) is 5.32 Å². The van der Waals surface area contributed by atoms with Gasteiger partial charge < -0.3 is 11.1 Å². The van der Waals surface area contributed by atoms with E-state index in [0.717, 1.165) is 15.6 Å². The van der Waals surface area contributed by atoms with Crippen molar-refractivity contribution in [3.05, 3.63) is 33.8 Å². The van der Waals surface area contributed by atoms with Crippen LogP contribution in [-0.2, 0) is 6.54 Å². The van der Waals surface area contributed by atoms with Gasteiger partial charge in [0.2, 0.25) is 0 Å². The van der Waals surface area contributed by atoms with Crippen LogP contribution in [0.1, 0.15) is 11.1 Å². The summed E-state index contributed by atoms with van der Waals surface area (Å²) >= 11 is 3.40. The van der Waals surface area contributed by atoms with Crippen LogP contribution in [0.4, 0.5) is 4.79 Å². The zero-order valence-electron chi connectivity index (χ0n) is 7.30. The maximum Gasteiger partial charge on any atom is 0.312 e. The summed E-state index contributed by atoms with van der Waals surface area (Å²) in [4.78, 5) is 10.4. The quantitative estimate of drug-likeness (QED) is 0.819. The van der Waals surface area contributed by atoms with E-state index in [9.17, 15) is 4.79 Å². The summed E-state index contributed by atoms with van der Waals surface area (Å²) in [5.41, 5.74) is 7.13. The molecule has 3 N–H and O–H groups in total. The molecule has 0 atom stereocenters. The fourth-order valence-electron chi connectivity index (χ4n) is 1.01. The van der Waals surface area contributed by atoms with Crippen molar-refractivity contribution in [1.29, 1.82) is 0 Å². The highest BCUT2D eigenvalue weighted by Crippen LogP contribution is 2.16. The Bertz CT molecular complexity index is 325. The summed E-state index contributed by atoms with van der Waals surface area (Å²) in [7, 11) is 0. The Kier molecular flexibility index (Phi) is 3.31. The fraction of sp³-hybridized carbons (Fsp3) is 0.222. The van der Waals surface area contributed by atoms with Crippen molar-refractivity contribution in [2.75, 3.05) is 0 Å². The molecule has 0 aliphatic rings. The molecule has 1 aromatic rings. The van der Waals surface area contributed by atoms with Gasteiger partial charge in [0.25, 0.3) is 0 Å². The van der Waals surface area contributed by atoms with E-state index in [4.69, 9.17) is 5.73 Å². The highest BCUT2D eigenvalue weighted by atomic mass is 79.9. The predicted molar refractivity (Wildman–Crippen MR) is 55.3 cm³/mol. The SMILES string of the molecule is Cc1cc(CNC(N)=O)ccc1Br. The molecule has 0 aromatic heterocycles. The van der Waals surface area contributed by atoms with E-state index in [2.05, 4.69) is 21.2 Å². The normalized spacial score (nSPS) is 9.69. The minimum Gasteiger partial charge on any atom is -0.352 e. The average molecular weight is 243 g/mol. The number of carbonyl (C=O) groups excluding carboxylic acids is 1. The molecule has 1 rings (SSSR count). The molecule has 4 heteroatoms. The van der Waals surface area contributed by atoms with E-state index in [1.54, 1.807) is 0 Å². The van der Waals surface area contributed by atoms with Crippen LogP contribution in [-0.4, -0.2) is 6.03 Å². The topological polar surface area (TPSA) is 55.1 Å². The molecule has 3 nitrogen and oxygen atoms in total. The third-order valence-electron chi connectivity index (χ3n) is 1.69. The molecular formula is C9H11BrN2O. The molecule has 0 fully saturated rings. The number of aryl methyl sites for hydroxylation is 1. The van der Waals surface area contributed by atoms with Crippen molar-refractivity contribution >= 4 is 22.0 Å². The average Bonchev–Trinajstić information content (AvgIpc) is 2.07. The van der Waals surface area contributed by atoms with Crippen molar-refractivity contribution in [2.24, 2.45) is 5.73 Å². The molecule has 0 aliphatic heterocycles. The Hall–Kier alpha value is -1.03. The van der Waals surface area contributed by atoms with Crippen molar-refractivity contribution < 1.29 is 4.79 Å². The van der Waals surface area contributed by atoms with Gasteiger partial charge in [0.15, 0.2) is 0 Å². The van der Waals surface area contributed by atoms with E-state index < -0.39 is 6.03 Å². The lowest BCUT2D eigenvalue weighted by Crippen LogP contribution is -2.28. The second-order valence-electron chi connectivity index (χ2n) is 2.80. The molecule has 0 heterocycles. The number of hydrogen-bond acceptors (Lipinski definition) is 1. The van der Waals surface area contributed by atoms with Crippen molar-refractivity contribution in [2.45, 2.75) is 13.5 Å². The number of halogens is 1. The Balaban J connectivity index is 2.68. The number of hydrogen-bond donors (Lipinski definition) is 2. The Morgan fingerprint density at radius 3 is 2.85 bits per heavy atom. The first-order valence-corrected chi connectivity index (χ1v) is 4.67. The van der Waals surface area contributed by atoms with Gasteiger partial charge in [-0.2, -0.15) is 0 Å². The fourth-order valence-corrected chi connectivity index (χ4v) is 1.25. The highest BCUT2D eigenvalue weighted by molar-refractivity contribution is 9.10. The lowest BCUT2D eigenvalue weighted by atomic mass is 10.1. The lowest BCUT2D eigenvalue weighted by molar-refractivity contribution is 0.248. The third-order valence-corrected chi connectivity index (χ3v) is 2.58. The second-order valence-corrected chi connectivity index (χ2v) is 3.66. The smallest absolute Gasteiger partial charge is 0.312 e. The van der Waals surface area contributed by atoms with Crippen LogP contribution in [0.5, 0.6) is 0 Å². The summed E-state index contributed by atoms with van der Waals surface area (Å²) < 4.78 is 1.07. The molecule has 0 aliphatic carbocycles. The number of nitrogens with one attached hydrogen (secondary N) is 1. The van der Waals surface area contributed by atoms with Crippen LogP contribution in [0.15, 0.2) is 22.7 Å². The van der Waals surface area contributed by atoms with E-state index in [1.165, 1.54) is 0 Å². The monoisotopic (exact) mass is 242 g/mol. The Morgan fingerprint density at radius 2 is 2.31 bits per heavy atom. The van der Waals surface area contributed by atoms with E-state index in [0.29, 0.717) is 6.54 Å². The summed E-state index contributed by atoms with van der Waals surface area (Å²) in [6.07, 6.45) is 0. The van der Waals surface area contributed by atoms with Crippen LogP contribution >= 0.6 is 15.9 Å². The maximum atomic E-state index is 10.4. The molecular weight excluding hydrogens is 232 g/mol. The highest BCUT2D eigenvalue weighted by Gasteiger charge is 1.98. The molecule has 0 unspecified atom stereocenters.